The summed E-state index contributed by atoms with van der Waals surface area (Å²) in [4.78, 5) is 23.9. The first-order valence-corrected chi connectivity index (χ1v) is 6.99. The third-order valence-corrected chi connectivity index (χ3v) is 3.21. The number of carbonyl (C=O) groups is 2. The predicted molar refractivity (Wildman–Crippen MR) is 71.1 cm³/mol. The summed E-state index contributed by atoms with van der Waals surface area (Å²) in [5.74, 6) is -0.840. The second kappa shape index (κ2) is 8.74. The number of nitrogens with one attached hydrogen (secondary N) is 1. The largest absolute Gasteiger partial charge is 0.481 e. The van der Waals surface area contributed by atoms with E-state index in [1.54, 1.807) is 4.90 Å². The smallest absolute Gasteiger partial charge is 0.317 e. The van der Waals surface area contributed by atoms with Crippen LogP contribution in [-0.2, 0) is 9.53 Å². The Morgan fingerprint density at radius 1 is 1.37 bits per heavy atom. The zero-order valence-electron chi connectivity index (χ0n) is 11.6. The normalized spacial score (nSPS) is 16.4. The van der Waals surface area contributed by atoms with E-state index in [4.69, 9.17) is 9.84 Å². The summed E-state index contributed by atoms with van der Waals surface area (Å²) in [6.07, 6.45) is 3.75. The Bertz CT molecular complexity index is 288. The Hall–Kier alpha value is -1.30. The minimum Gasteiger partial charge on any atom is -0.481 e. The van der Waals surface area contributed by atoms with Crippen LogP contribution in [0.5, 0.6) is 0 Å². The average molecular weight is 272 g/mol. The number of ether oxygens (including phenoxy) is 1. The summed E-state index contributed by atoms with van der Waals surface area (Å²) in [7, 11) is 0. The van der Waals surface area contributed by atoms with E-state index >= 15 is 0 Å². The van der Waals surface area contributed by atoms with Gasteiger partial charge >= 0.3 is 12.0 Å². The molecule has 1 fully saturated rings. The molecule has 0 aromatic carbocycles. The van der Waals surface area contributed by atoms with E-state index in [2.05, 4.69) is 12.2 Å². The molecule has 0 spiro atoms. The van der Waals surface area contributed by atoms with Crippen molar-refractivity contribution in [1.29, 1.82) is 0 Å². The van der Waals surface area contributed by atoms with Crippen molar-refractivity contribution in [2.75, 3.05) is 26.2 Å². The second-order valence-corrected chi connectivity index (χ2v) is 4.79. The molecule has 2 amide bonds. The number of unbranched alkanes of at least 4 members (excludes halogenated alkanes) is 1. The third kappa shape index (κ3) is 6.42. The highest BCUT2D eigenvalue weighted by molar-refractivity contribution is 5.74. The molecule has 1 heterocycles. The van der Waals surface area contributed by atoms with Gasteiger partial charge in [0.2, 0.25) is 0 Å². The lowest BCUT2D eigenvalue weighted by Gasteiger charge is -2.31. The fourth-order valence-corrected chi connectivity index (χ4v) is 2.02. The van der Waals surface area contributed by atoms with Crippen LogP contribution < -0.4 is 5.32 Å². The fraction of sp³-hybridized carbons (Fsp3) is 0.846. The van der Waals surface area contributed by atoms with Crippen LogP contribution in [-0.4, -0.2) is 54.4 Å². The maximum Gasteiger partial charge on any atom is 0.317 e. The number of piperidine rings is 1. The lowest BCUT2D eigenvalue weighted by atomic mass is 10.1. The quantitative estimate of drug-likeness (QED) is 0.688. The summed E-state index contributed by atoms with van der Waals surface area (Å²) < 4.78 is 5.48. The van der Waals surface area contributed by atoms with Crippen molar-refractivity contribution in [3.63, 3.8) is 0 Å². The molecular weight excluding hydrogens is 248 g/mol. The molecule has 0 aliphatic carbocycles. The number of hydrogen-bond donors (Lipinski definition) is 2. The van der Waals surface area contributed by atoms with Crippen LogP contribution in [0.1, 0.15) is 39.0 Å². The highest BCUT2D eigenvalue weighted by Gasteiger charge is 2.22. The van der Waals surface area contributed by atoms with Crippen LogP contribution in [0.3, 0.4) is 0 Å². The van der Waals surface area contributed by atoms with Gasteiger partial charge < -0.3 is 20.1 Å². The molecule has 0 unspecified atom stereocenters. The standard InChI is InChI=1S/C13H24N2O4/c1-2-3-7-14-13(18)15-8-4-11(5-9-15)19-10-6-12(16)17/h11H,2-10H2,1H3,(H,14,18)(H,16,17). The van der Waals surface area contributed by atoms with Gasteiger partial charge in [-0.1, -0.05) is 13.3 Å². The van der Waals surface area contributed by atoms with Gasteiger partial charge in [-0.2, -0.15) is 0 Å². The van der Waals surface area contributed by atoms with Crippen LogP contribution >= 0.6 is 0 Å². The van der Waals surface area contributed by atoms with Gasteiger partial charge in [-0.3, -0.25) is 4.79 Å². The van der Waals surface area contributed by atoms with Crippen molar-refractivity contribution in [2.24, 2.45) is 0 Å². The van der Waals surface area contributed by atoms with Crippen molar-refractivity contribution >= 4 is 12.0 Å². The minimum atomic E-state index is -0.840. The molecule has 0 aromatic heterocycles. The average Bonchev–Trinajstić information content (AvgIpc) is 2.39. The Morgan fingerprint density at radius 3 is 2.63 bits per heavy atom. The Labute approximate surface area is 114 Å². The molecule has 0 radical (unpaired) electrons. The molecule has 1 saturated heterocycles. The van der Waals surface area contributed by atoms with Gasteiger partial charge in [-0.15, -0.1) is 0 Å². The zero-order valence-corrected chi connectivity index (χ0v) is 11.6. The van der Waals surface area contributed by atoms with Crippen LogP contribution in [0, 0.1) is 0 Å². The molecule has 110 valence electrons. The first-order valence-electron chi connectivity index (χ1n) is 6.99. The van der Waals surface area contributed by atoms with Gasteiger partial charge in [0.1, 0.15) is 0 Å². The summed E-state index contributed by atoms with van der Waals surface area (Å²) >= 11 is 0. The number of rotatable bonds is 7. The van der Waals surface area contributed by atoms with Crippen molar-refractivity contribution < 1.29 is 19.4 Å². The summed E-state index contributed by atoms with van der Waals surface area (Å²) in [5.41, 5.74) is 0. The topological polar surface area (TPSA) is 78.9 Å². The Balaban J connectivity index is 2.14. The summed E-state index contributed by atoms with van der Waals surface area (Å²) in [6, 6.07) is -0.00237. The third-order valence-electron chi connectivity index (χ3n) is 3.21. The van der Waals surface area contributed by atoms with Gasteiger partial charge in [-0.25, -0.2) is 4.79 Å². The predicted octanol–water partition coefficient (Wildman–Crippen LogP) is 1.45. The number of hydrogen-bond acceptors (Lipinski definition) is 3. The maximum absolute atomic E-state index is 11.8. The Morgan fingerprint density at radius 2 is 2.05 bits per heavy atom. The van der Waals surface area contributed by atoms with Crippen LogP contribution in [0.15, 0.2) is 0 Å². The highest BCUT2D eigenvalue weighted by atomic mass is 16.5. The Kier molecular flexibility index (Phi) is 7.25. The van der Waals surface area contributed by atoms with Gasteiger partial charge in [-0.05, 0) is 19.3 Å². The van der Waals surface area contributed by atoms with Crippen LogP contribution in [0.2, 0.25) is 0 Å². The van der Waals surface area contributed by atoms with Gasteiger partial charge in [0, 0.05) is 19.6 Å². The van der Waals surface area contributed by atoms with Crippen LogP contribution in [0.25, 0.3) is 0 Å². The van der Waals surface area contributed by atoms with E-state index in [-0.39, 0.29) is 25.2 Å². The summed E-state index contributed by atoms with van der Waals surface area (Å²) in [5, 5.41) is 11.4. The zero-order chi connectivity index (χ0) is 14.1. The van der Waals surface area contributed by atoms with E-state index in [0.717, 1.165) is 32.2 Å². The van der Waals surface area contributed by atoms with Gasteiger partial charge in [0.05, 0.1) is 19.1 Å². The molecule has 6 nitrogen and oxygen atoms in total. The van der Waals surface area contributed by atoms with Gasteiger partial charge in [0.25, 0.3) is 0 Å². The summed E-state index contributed by atoms with van der Waals surface area (Å²) in [6.45, 7) is 4.42. The molecule has 2 N–H and O–H groups in total. The fourth-order valence-electron chi connectivity index (χ4n) is 2.02. The molecule has 0 bridgehead atoms. The second-order valence-electron chi connectivity index (χ2n) is 4.79. The highest BCUT2D eigenvalue weighted by Crippen LogP contribution is 2.14. The maximum atomic E-state index is 11.8. The molecule has 0 saturated carbocycles. The number of carboxylic acid groups (broad SMARTS) is 1. The molecule has 6 heteroatoms. The molecule has 1 rings (SSSR count). The van der Waals surface area contributed by atoms with E-state index in [1.807, 2.05) is 0 Å². The van der Waals surface area contributed by atoms with E-state index < -0.39 is 5.97 Å². The lowest BCUT2D eigenvalue weighted by molar-refractivity contribution is -0.138. The SMILES string of the molecule is CCCCNC(=O)N1CCC(OCCC(=O)O)CC1. The van der Waals surface area contributed by atoms with Crippen LogP contribution in [0.4, 0.5) is 4.79 Å². The number of carboxylic acids is 1. The van der Waals surface area contributed by atoms with Crippen molar-refractivity contribution in [2.45, 2.75) is 45.1 Å². The monoisotopic (exact) mass is 272 g/mol. The lowest BCUT2D eigenvalue weighted by Crippen LogP contribution is -2.46. The molecule has 1 aliphatic rings. The molecular formula is C13H24N2O4. The number of nitrogens with zero attached hydrogens (tertiary/aromatic N) is 1. The van der Waals surface area contributed by atoms with Gasteiger partial charge in [0.15, 0.2) is 0 Å². The number of amides is 2. The van der Waals surface area contributed by atoms with E-state index in [0.29, 0.717) is 13.1 Å². The molecule has 19 heavy (non-hydrogen) atoms. The number of carbonyl (C=O) groups excluding carboxylic acids is 1. The molecule has 0 aromatic rings. The minimum absolute atomic E-state index is 0.00237. The van der Waals surface area contributed by atoms with Crippen molar-refractivity contribution in [3.8, 4) is 0 Å². The number of urea groups is 1. The van der Waals surface area contributed by atoms with E-state index in [9.17, 15) is 9.59 Å². The number of likely N-dealkylation sites (tertiary alicyclic amines) is 1. The molecule has 0 atom stereocenters. The first-order chi connectivity index (χ1) is 9.13. The molecule has 1 aliphatic heterocycles. The van der Waals surface area contributed by atoms with E-state index in [1.165, 1.54) is 0 Å². The number of aliphatic carboxylic acids is 1. The first kappa shape index (κ1) is 15.8. The van der Waals surface area contributed by atoms with Crippen molar-refractivity contribution in [3.05, 3.63) is 0 Å². The van der Waals surface area contributed by atoms with Crippen molar-refractivity contribution in [1.82, 2.24) is 10.2 Å².